The lowest BCUT2D eigenvalue weighted by atomic mass is 10.1. The molecule has 0 amide bonds. The van der Waals surface area contributed by atoms with Gasteiger partial charge in [0, 0.05) is 34.9 Å². The van der Waals surface area contributed by atoms with Crippen LogP contribution in [-0.2, 0) is 17.2 Å². The second-order valence-electron chi connectivity index (χ2n) is 4.31. The molecule has 2 nitrogen and oxygen atoms in total. The van der Waals surface area contributed by atoms with Crippen molar-refractivity contribution in [3.05, 3.63) is 35.9 Å². The van der Waals surface area contributed by atoms with Gasteiger partial charge in [0.05, 0.1) is 0 Å². The number of aryl methyl sites for hydroxylation is 1. The molecule has 2 unspecified atom stereocenters. The summed E-state index contributed by atoms with van der Waals surface area (Å²) in [6, 6.07) is 11.0. The Labute approximate surface area is 107 Å². The largest absolute Gasteiger partial charge is 0.313 e. The highest BCUT2D eigenvalue weighted by Crippen LogP contribution is 2.04. The first-order valence-electron chi connectivity index (χ1n) is 6.34. The Morgan fingerprint density at radius 2 is 2.00 bits per heavy atom. The van der Waals surface area contributed by atoms with E-state index in [1.54, 1.807) is 0 Å². The van der Waals surface area contributed by atoms with E-state index in [0.717, 1.165) is 30.9 Å². The van der Waals surface area contributed by atoms with Crippen LogP contribution in [0.25, 0.3) is 0 Å². The third kappa shape index (κ3) is 6.59. The van der Waals surface area contributed by atoms with Crippen molar-refractivity contribution in [1.29, 1.82) is 0 Å². The third-order valence-electron chi connectivity index (χ3n) is 2.85. The molecule has 0 aliphatic heterocycles. The fraction of sp³-hybridized carbons (Fsp3) is 0.571. The van der Waals surface area contributed by atoms with Crippen LogP contribution in [0.4, 0.5) is 0 Å². The lowest BCUT2D eigenvalue weighted by molar-refractivity contribution is 0.531. The average molecular weight is 253 g/mol. The molecule has 0 aliphatic rings. The van der Waals surface area contributed by atoms with Crippen LogP contribution in [0.15, 0.2) is 30.3 Å². The van der Waals surface area contributed by atoms with Crippen LogP contribution >= 0.6 is 0 Å². The third-order valence-corrected chi connectivity index (χ3v) is 4.16. The Morgan fingerprint density at radius 1 is 1.29 bits per heavy atom. The maximum absolute atomic E-state index is 11.2. The normalized spacial score (nSPS) is 14.5. The van der Waals surface area contributed by atoms with Gasteiger partial charge >= 0.3 is 0 Å². The number of nitrogens with one attached hydrogen (secondary N) is 1. The van der Waals surface area contributed by atoms with Crippen LogP contribution in [0.5, 0.6) is 0 Å². The highest BCUT2D eigenvalue weighted by molar-refractivity contribution is 7.84. The minimum Gasteiger partial charge on any atom is -0.313 e. The Kier molecular flexibility index (Phi) is 7.13. The monoisotopic (exact) mass is 253 g/mol. The molecule has 96 valence electrons. The lowest BCUT2D eigenvalue weighted by Crippen LogP contribution is -2.30. The zero-order chi connectivity index (χ0) is 12.5. The topological polar surface area (TPSA) is 29.1 Å². The molecule has 0 spiro atoms. The maximum atomic E-state index is 11.2. The van der Waals surface area contributed by atoms with Gasteiger partial charge in [-0.3, -0.25) is 4.21 Å². The van der Waals surface area contributed by atoms with Gasteiger partial charge in [0.1, 0.15) is 0 Å². The van der Waals surface area contributed by atoms with Crippen molar-refractivity contribution >= 4 is 10.8 Å². The minimum atomic E-state index is -0.646. The van der Waals surface area contributed by atoms with E-state index in [0.29, 0.717) is 6.04 Å². The van der Waals surface area contributed by atoms with E-state index < -0.39 is 10.8 Å². The summed E-state index contributed by atoms with van der Waals surface area (Å²) < 4.78 is 11.2. The molecule has 0 radical (unpaired) electrons. The van der Waals surface area contributed by atoms with E-state index in [1.807, 2.05) is 13.0 Å². The van der Waals surface area contributed by atoms with E-state index in [1.165, 1.54) is 5.56 Å². The predicted molar refractivity (Wildman–Crippen MR) is 75.8 cm³/mol. The number of rotatable bonds is 8. The maximum Gasteiger partial charge on any atom is 0.0360 e. The quantitative estimate of drug-likeness (QED) is 0.770. The standard InChI is InChI=1S/C14H23NOS/c1-3-17(16)12-11-15-13(2)9-10-14-7-5-4-6-8-14/h4-8,13,15H,3,9-12H2,1-2H3. The zero-order valence-corrected chi connectivity index (χ0v) is 11.6. The molecule has 0 saturated heterocycles. The molecule has 0 fully saturated rings. The van der Waals surface area contributed by atoms with Crippen LogP contribution in [0, 0.1) is 0 Å². The van der Waals surface area contributed by atoms with E-state index in [9.17, 15) is 4.21 Å². The molecule has 17 heavy (non-hydrogen) atoms. The highest BCUT2D eigenvalue weighted by atomic mass is 32.2. The number of benzene rings is 1. The van der Waals surface area contributed by atoms with E-state index >= 15 is 0 Å². The van der Waals surface area contributed by atoms with Crippen molar-refractivity contribution in [2.75, 3.05) is 18.1 Å². The van der Waals surface area contributed by atoms with Crippen molar-refractivity contribution < 1.29 is 4.21 Å². The number of hydrogen-bond acceptors (Lipinski definition) is 2. The summed E-state index contributed by atoms with van der Waals surface area (Å²) in [4.78, 5) is 0. The van der Waals surface area contributed by atoms with Crippen molar-refractivity contribution in [1.82, 2.24) is 5.32 Å². The van der Waals surface area contributed by atoms with E-state index in [-0.39, 0.29) is 0 Å². The van der Waals surface area contributed by atoms with Crippen LogP contribution in [0.3, 0.4) is 0 Å². The zero-order valence-electron chi connectivity index (χ0n) is 10.8. The second kappa shape index (κ2) is 8.43. The van der Waals surface area contributed by atoms with Gasteiger partial charge in [0.2, 0.25) is 0 Å². The van der Waals surface area contributed by atoms with E-state index in [2.05, 4.69) is 36.5 Å². The molecular formula is C14H23NOS. The molecule has 1 rings (SSSR count). The molecule has 2 atom stereocenters. The van der Waals surface area contributed by atoms with Crippen LogP contribution in [0.1, 0.15) is 25.8 Å². The van der Waals surface area contributed by atoms with Gasteiger partial charge in [-0.1, -0.05) is 37.3 Å². The summed E-state index contributed by atoms with van der Waals surface area (Å²) in [5, 5.41) is 3.43. The summed E-state index contributed by atoms with van der Waals surface area (Å²) >= 11 is 0. The molecule has 3 heteroatoms. The van der Waals surface area contributed by atoms with E-state index in [4.69, 9.17) is 0 Å². The Morgan fingerprint density at radius 3 is 2.65 bits per heavy atom. The fourth-order valence-electron chi connectivity index (χ4n) is 1.69. The molecule has 1 aromatic rings. The summed E-state index contributed by atoms with van der Waals surface area (Å²) in [6.07, 6.45) is 2.23. The average Bonchev–Trinajstić information content (AvgIpc) is 2.37. The summed E-state index contributed by atoms with van der Waals surface area (Å²) in [7, 11) is -0.646. The van der Waals surface area contributed by atoms with Crippen molar-refractivity contribution in [3.8, 4) is 0 Å². The van der Waals surface area contributed by atoms with Gasteiger partial charge in [0.25, 0.3) is 0 Å². The first-order chi connectivity index (χ1) is 8.22. The molecular weight excluding hydrogens is 230 g/mol. The first kappa shape index (κ1) is 14.4. The minimum absolute atomic E-state index is 0.490. The fourth-order valence-corrected chi connectivity index (χ4v) is 2.33. The Hall–Kier alpha value is -0.670. The van der Waals surface area contributed by atoms with Crippen molar-refractivity contribution in [2.24, 2.45) is 0 Å². The lowest BCUT2D eigenvalue weighted by Gasteiger charge is -2.13. The van der Waals surface area contributed by atoms with Crippen LogP contribution in [0.2, 0.25) is 0 Å². The van der Waals surface area contributed by atoms with Crippen LogP contribution in [-0.4, -0.2) is 28.3 Å². The SMILES string of the molecule is CCS(=O)CCNC(C)CCc1ccccc1. The second-order valence-corrected chi connectivity index (χ2v) is 6.18. The Bertz CT molecular complexity index is 326. The summed E-state index contributed by atoms with van der Waals surface area (Å²) in [6.45, 7) is 5.02. The Balaban J connectivity index is 2.13. The van der Waals surface area contributed by atoms with Gasteiger partial charge in [-0.2, -0.15) is 0 Å². The van der Waals surface area contributed by atoms with Gasteiger partial charge in [-0.05, 0) is 25.3 Å². The molecule has 0 aliphatic carbocycles. The van der Waals surface area contributed by atoms with Gasteiger partial charge in [-0.15, -0.1) is 0 Å². The highest BCUT2D eigenvalue weighted by Gasteiger charge is 2.02. The van der Waals surface area contributed by atoms with Gasteiger partial charge < -0.3 is 5.32 Å². The van der Waals surface area contributed by atoms with Crippen molar-refractivity contribution in [3.63, 3.8) is 0 Å². The molecule has 1 aromatic carbocycles. The van der Waals surface area contributed by atoms with Crippen LogP contribution < -0.4 is 5.32 Å². The molecule has 1 N–H and O–H groups in total. The number of hydrogen-bond donors (Lipinski definition) is 1. The molecule has 0 heterocycles. The van der Waals surface area contributed by atoms with Gasteiger partial charge in [0.15, 0.2) is 0 Å². The summed E-state index contributed by atoms with van der Waals surface area (Å²) in [5.41, 5.74) is 1.39. The molecule has 0 aromatic heterocycles. The molecule has 0 bridgehead atoms. The van der Waals surface area contributed by atoms with Crippen molar-refractivity contribution in [2.45, 2.75) is 32.7 Å². The predicted octanol–water partition coefficient (Wildman–Crippen LogP) is 2.37. The van der Waals surface area contributed by atoms with Gasteiger partial charge in [-0.25, -0.2) is 0 Å². The first-order valence-corrected chi connectivity index (χ1v) is 7.83. The summed E-state index contributed by atoms with van der Waals surface area (Å²) in [5.74, 6) is 1.53. The molecule has 0 saturated carbocycles. The smallest absolute Gasteiger partial charge is 0.0360 e.